The van der Waals surface area contributed by atoms with Gasteiger partial charge in [0.15, 0.2) is 0 Å². The quantitative estimate of drug-likeness (QED) is 0.674. The molecule has 0 aliphatic carbocycles. The van der Waals surface area contributed by atoms with E-state index >= 15 is 0 Å². The minimum atomic E-state index is -0.726. The number of non-ortho nitro benzene ring substituents is 1. The Morgan fingerprint density at radius 1 is 1.60 bits per heavy atom. The smallest absolute Gasteiger partial charge is 0.270 e. The maximum Gasteiger partial charge on any atom is 0.270 e. The zero-order chi connectivity index (χ0) is 14.7. The first-order valence-corrected chi connectivity index (χ1v) is 6.29. The Kier molecular flexibility index (Phi) is 4.29. The van der Waals surface area contributed by atoms with Gasteiger partial charge in [0.05, 0.1) is 17.1 Å². The van der Waals surface area contributed by atoms with E-state index in [2.05, 4.69) is 5.32 Å². The molecule has 0 radical (unpaired) electrons. The highest BCUT2D eigenvalue weighted by Gasteiger charge is 2.21. The summed E-state index contributed by atoms with van der Waals surface area (Å²) in [6, 6.07) is 2.07. The molecule has 0 spiro atoms. The van der Waals surface area contributed by atoms with Gasteiger partial charge < -0.3 is 10.1 Å². The van der Waals surface area contributed by atoms with Crippen LogP contribution in [0.3, 0.4) is 0 Å². The number of carbonyl (C=O) groups is 1. The lowest BCUT2D eigenvalue weighted by Crippen LogP contribution is -2.30. The van der Waals surface area contributed by atoms with Crippen molar-refractivity contribution in [2.24, 2.45) is 5.92 Å². The van der Waals surface area contributed by atoms with Crippen LogP contribution in [-0.4, -0.2) is 30.6 Å². The first-order chi connectivity index (χ1) is 9.49. The van der Waals surface area contributed by atoms with Crippen molar-refractivity contribution in [1.29, 1.82) is 0 Å². The fourth-order valence-electron chi connectivity index (χ4n) is 2.10. The molecule has 1 unspecified atom stereocenters. The number of hydrogen-bond acceptors (Lipinski definition) is 4. The van der Waals surface area contributed by atoms with Crippen LogP contribution in [0.25, 0.3) is 0 Å². The van der Waals surface area contributed by atoms with E-state index in [0.717, 1.165) is 18.6 Å². The molecule has 0 saturated carbocycles. The van der Waals surface area contributed by atoms with Crippen molar-refractivity contribution in [2.75, 3.05) is 19.8 Å². The lowest BCUT2D eigenvalue weighted by molar-refractivity contribution is -0.385. The molecule has 1 aromatic rings. The van der Waals surface area contributed by atoms with Crippen molar-refractivity contribution < 1.29 is 18.8 Å². The summed E-state index contributed by atoms with van der Waals surface area (Å²) in [6.45, 7) is 2.99. The number of aryl methyl sites for hydroxylation is 1. The molecule has 0 bridgehead atoms. The standard InChI is InChI=1S/C13H15FN2O4/c1-8-4-10(16(18)19)5-11(12(8)14)13(17)15-6-9-2-3-20-7-9/h4-5,9H,2-3,6-7H2,1H3,(H,15,17). The van der Waals surface area contributed by atoms with Crippen LogP contribution in [0.4, 0.5) is 10.1 Å². The van der Waals surface area contributed by atoms with Gasteiger partial charge in [-0.15, -0.1) is 0 Å². The molecule has 6 nitrogen and oxygen atoms in total. The Balaban J connectivity index is 2.13. The Labute approximate surface area is 115 Å². The molecule has 20 heavy (non-hydrogen) atoms. The molecule has 1 aliphatic rings. The average Bonchev–Trinajstić information content (AvgIpc) is 2.92. The summed E-state index contributed by atoms with van der Waals surface area (Å²) in [7, 11) is 0. The Morgan fingerprint density at radius 3 is 2.95 bits per heavy atom. The first-order valence-electron chi connectivity index (χ1n) is 6.29. The molecule has 2 rings (SSSR count). The van der Waals surface area contributed by atoms with Gasteiger partial charge in [0.1, 0.15) is 5.82 Å². The Morgan fingerprint density at radius 2 is 2.35 bits per heavy atom. The lowest BCUT2D eigenvalue weighted by Gasteiger charge is -2.10. The monoisotopic (exact) mass is 282 g/mol. The summed E-state index contributed by atoms with van der Waals surface area (Å²) in [5, 5.41) is 13.3. The van der Waals surface area contributed by atoms with Crippen LogP contribution in [0.1, 0.15) is 22.3 Å². The van der Waals surface area contributed by atoms with Gasteiger partial charge in [0.2, 0.25) is 0 Å². The molecular weight excluding hydrogens is 267 g/mol. The van der Waals surface area contributed by atoms with E-state index in [-0.39, 0.29) is 22.7 Å². The highest BCUT2D eigenvalue weighted by molar-refractivity contribution is 5.95. The molecule has 0 aromatic heterocycles. The van der Waals surface area contributed by atoms with Crippen LogP contribution in [0.2, 0.25) is 0 Å². The summed E-state index contributed by atoms with van der Waals surface area (Å²) in [4.78, 5) is 22.0. The summed E-state index contributed by atoms with van der Waals surface area (Å²) in [5.41, 5.74) is -0.512. The number of carbonyl (C=O) groups excluding carboxylic acids is 1. The number of benzene rings is 1. The topological polar surface area (TPSA) is 81.5 Å². The maximum absolute atomic E-state index is 13.9. The van der Waals surface area contributed by atoms with Crippen molar-refractivity contribution in [2.45, 2.75) is 13.3 Å². The number of halogens is 1. The Bertz CT molecular complexity index is 541. The van der Waals surface area contributed by atoms with Gasteiger partial charge >= 0.3 is 0 Å². The van der Waals surface area contributed by atoms with Gasteiger partial charge in [-0.1, -0.05) is 0 Å². The maximum atomic E-state index is 13.9. The van der Waals surface area contributed by atoms with Crippen molar-refractivity contribution in [3.05, 3.63) is 39.2 Å². The van der Waals surface area contributed by atoms with E-state index < -0.39 is 16.6 Å². The van der Waals surface area contributed by atoms with Crippen molar-refractivity contribution in [1.82, 2.24) is 5.32 Å². The van der Waals surface area contributed by atoms with Crippen LogP contribution in [-0.2, 0) is 4.74 Å². The molecule has 108 valence electrons. The number of nitrogens with zero attached hydrogens (tertiary/aromatic N) is 1. The highest BCUT2D eigenvalue weighted by atomic mass is 19.1. The molecule has 7 heteroatoms. The predicted molar refractivity (Wildman–Crippen MR) is 69.1 cm³/mol. The largest absolute Gasteiger partial charge is 0.381 e. The predicted octanol–water partition coefficient (Wildman–Crippen LogP) is 1.81. The average molecular weight is 282 g/mol. The van der Waals surface area contributed by atoms with Crippen LogP contribution in [0, 0.1) is 28.8 Å². The van der Waals surface area contributed by atoms with Gasteiger partial charge in [-0.25, -0.2) is 4.39 Å². The fourth-order valence-corrected chi connectivity index (χ4v) is 2.10. The van der Waals surface area contributed by atoms with Crippen LogP contribution in [0.15, 0.2) is 12.1 Å². The van der Waals surface area contributed by atoms with Crippen LogP contribution < -0.4 is 5.32 Å². The number of hydrogen-bond donors (Lipinski definition) is 1. The normalized spacial score (nSPS) is 18.0. The third kappa shape index (κ3) is 3.11. The Hall–Kier alpha value is -2.02. The number of nitro benzene ring substituents is 1. The number of nitrogens with one attached hydrogen (secondary N) is 1. The number of rotatable bonds is 4. The highest BCUT2D eigenvalue weighted by Crippen LogP contribution is 2.21. The van der Waals surface area contributed by atoms with Gasteiger partial charge in [-0.05, 0) is 18.9 Å². The molecule has 1 saturated heterocycles. The summed E-state index contributed by atoms with van der Waals surface area (Å²) in [5.74, 6) is -1.15. The molecule has 1 fully saturated rings. The van der Waals surface area contributed by atoms with Gasteiger partial charge in [-0.3, -0.25) is 14.9 Å². The molecule has 1 amide bonds. The molecule has 1 atom stereocenters. The van der Waals surface area contributed by atoms with Crippen molar-refractivity contribution >= 4 is 11.6 Å². The molecule has 1 aliphatic heterocycles. The van der Waals surface area contributed by atoms with Crippen molar-refractivity contribution in [3.8, 4) is 0 Å². The summed E-state index contributed by atoms with van der Waals surface area (Å²) >= 11 is 0. The van der Waals surface area contributed by atoms with Gasteiger partial charge in [0.25, 0.3) is 11.6 Å². The van der Waals surface area contributed by atoms with E-state index in [1.807, 2.05) is 0 Å². The van der Waals surface area contributed by atoms with E-state index in [1.54, 1.807) is 0 Å². The minimum absolute atomic E-state index is 0.0774. The summed E-state index contributed by atoms with van der Waals surface area (Å²) < 4.78 is 19.1. The van der Waals surface area contributed by atoms with Gasteiger partial charge in [-0.2, -0.15) is 0 Å². The molecular formula is C13H15FN2O4. The zero-order valence-corrected chi connectivity index (χ0v) is 11.0. The van der Waals surface area contributed by atoms with Crippen molar-refractivity contribution in [3.63, 3.8) is 0 Å². The number of ether oxygens (including phenoxy) is 1. The minimum Gasteiger partial charge on any atom is -0.381 e. The lowest BCUT2D eigenvalue weighted by atomic mass is 10.1. The van der Waals surface area contributed by atoms with E-state index in [0.29, 0.717) is 19.8 Å². The third-order valence-corrected chi connectivity index (χ3v) is 3.27. The van der Waals surface area contributed by atoms with Crippen LogP contribution >= 0.6 is 0 Å². The second-order valence-corrected chi connectivity index (χ2v) is 4.82. The second kappa shape index (κ2) is 5.96. The SMILES string of the molecule is Cc1cc([N+](=O)[O-])cc(C(=O)NCC2CCOC2)c1F. The zero-order valence-electron chi connectivity index (χ0n) is 11.0. The second-order valence-electron chi connectivity index (χ2n) is 4.82. The molecule has 1 aromatic carbocycles. The number of nitro groups is 1. The van der Waals surface area contributed by atoms with Gasteiger partial charge in [0, 0.05) is 31.2 Å². The summed E-state index contributed by atoms with van der Waals surface area (Å²) in [6.07, 6.45) is 0.844. The number of amides is 1. The molecule has 1 N–H and O–H groups in total. The first kappa shape index (κ1) is 14.4. The van der Waals surface area contributed by atoms with E-state index in [9.17, 15) is 19.3 Å². The van der Waals surface area contributed by atoms with E-state index in [1.165, 1.54) is 6.92 Å². The third-order valence-electron chi connectivity index (χ3n) is 3.27. The fraction of sp³-hybridized carbons (Fsp3) is 0.462. The molecule has 1 heterocycles. The van der Waals surface area contributed by atoms with Crippen LogP contribution in [0.5, 0.6) is 0 Å². The van der Waals surface area contributed by atoms with E-state index in [4.69, 9.17) is 4.74 Å².